The molecule has 0 unspecified atom stereocenters. The molecular formula is C16H23ClN2O6. The molecule has 1 aromatic carbocycles. The second-order valence-corrected chi connectivity index (χ2v) is 5.30. The smallest absolute Gasteiger partial charge is 0.338 e. The van der Waals surface area contributed by atoms with E-state index in [1.807, 2.05) is 0 Å². The Morgan fingerprint density at radius 3 is 2.48 bits per heavy atom. The van der Waals surface area contributed by atoms with E-state index in [9.17, 15) is 9.59 Å². The Bertz CT molecular complexity index is 625. The lowest BCUT2D eigenvalue weighted by Gasteiger charge is -2.17. The molecule has 8 nitrogen and oxygen atoms in total. The molecule has 0 aromatic heterocycles. The van der Waals surface area contributed by atoms with Gasteiger partial charge in [0.05, 0.1) is 38.7 Å². The van der Waals surface area contributed by atoms with Crippen LogP contribution in [-0.2, 0) is 14.3 Å². The number of hydrogen-bond donors (Lipinski definition) is 2. The van der Waals surface area contributed by atoms with Gasteiger partial charge in [-0.15, -0.1) is 12.4 Å². The maximum Gasteiger partial charge on any atom is 0.338 e. The van der Waals surface area contributed by atoms with Gasteiger partial charge < -0.3 is 30.0 Å². The molecule has 25 heavy (non-hydrogen) atoms. The highest BCUT2D eigenvalue weighted by Gasteiger charge is 2.31. The van der Waals surface area contributed by atoms with Crippen LogP contribution in [-0.4, -0.2) is 52.0 Å². The number of hydrogen-bond acceptors (Lipinski definition) is 7. The van der Waals surface area contributed by atoms with Crippen molar-refractivity contribution in [2.45, 2.75) is 25.0 Å². The van der Waals surface area contributed by atoms with Gasteiger partial charge >= 0.3 is 5.97 Å². The number of nitrogens with one attached hydrogen (secondary N) is 1. The highest BCUT2D eigenvalue weighted by molar-refractivity contribution is 5.99. The first-order valence-corrected chi connectivity index (χ1v) is 7.54. The van der Waals surface area contributed by atoms with Crippen LogP contribution in [0, 0.1) is 0 Å². The normalized spacial score (nSPS) is 18.9. The lowest BCUT2D eigenvalue weighted by atomic mass is 10.1. The van der Waals surface area contributed by atoms with Gasteiger partial charge in [-0.25, -0.2) is 4.79 Å². The molecule has 140 valence electrons. The van der Waals surface area contributed by atoms with Crippen molar-refractivity contribution in [3.63, 3.8) is 0 Å². The van der Waals surface area contributed by atoms with Crippen LogP contribution in [0.5, 0.6) is 11.5 Å². The van der Waals surface area contributed by atoms with E-state index < -0.39 is 12.1 Å². The van der Waals surface area contributed by atoms with Crippen molar-refractivity contribution in [1.82, 2.24) is 0 Å². The molecule has 0 spiro atoms. The summed E-state index contributed by atoms with van der Waals surface area (Å²) in [6, 6.07) is 2.96. The first-order chi connectivity index (χ1) is 11.5. The number of amides is 1. The number of anilines is 1. The van der Waals surface area contributed by atoms with Gasteiger partial charge in [0, 0.05) is 6.54 Å². The first-order valence-electron chi connectivity index (χ1n) is 7.54. The fourth-order valence-electron chi connectivity index (χ4n) is 2.58. The lowest BCUT2D eigenvalue weighted by Crippen LogP contribution is -2.30. The summed E-state index contributed by atoms with van der Waals surface area (Å²) in [6.07, 6.45) is 0.621. The largest absolute Gasteiger partial charge is 0.493 e. The third kappa shape index (κ3) is 4.75. The minimum absolute atomic E-state index is 0. The number of methoxy groups -OCH3 is 3. The van der Waals surface area contributed by atoms with Gasteiger partial charge in [0.15, 0.2) is 11.5 Å². The molecule has 2 atom stereocenters. The van der Waals surface area contributed by atoms with Gasteiger partial charge in [0.1, 0.15) is 6.10 Å². The van der Waals surface area contributed by atoms with E-state index in [4.69, 9.17) is 24.7 Å². The van der Waals surface area contributed by atoms with Crippen molar-refractivity contribution in [2.24, 2.45) is 5.73 Å². The van der Waals surface area contributed by atoms with Crippen LogP contribution in [0.3, 0.4) is 0 Å². The Morgan fingerprint density at radius 2 is 1.96 bits per heavy atom. The molecule has 2 rings (SSSR count). The number of ether oxygens (including phenoxy) is 4. The number of benzene rings is 1. The van der Waals surface area contributed by atoms with Gasteiger partial charge in [-0.2, -0.15) is 0 Å². The average molecular weight is 375 g/mol. The molecule has 0 bridgehead atoms. The van der Waals surface area contributed by atoms with Crippen LogP contribution >= 0.6 is 12.4 Å². The molecule has 1 aromatic rings. The Hall–Kier alpha value is -2.03. The van der Waals surface area contributed by atoms with E-state index in [1.165, 1.54) is 33.5 Å². The Kier molecular flexibility index (Phi) is 7.95. The van der Waals surface area contributed by atoms with Crippen molar-refractivity contribution in [3.8, 4) is 11.5 Å². The van der Waals surface area contributed by atoms with Crippen LogP contribution in [0.4, 0.5) is 5.69 Å². The number of halogens is 1. The molecule has 1 heterocycles. The molecule has 1 fully saturated rings. The van der Waals surface area contributed by atoms with E-state index in [2.05, 4.69) is 5.32 Å². The second kappa shape index (κ2) is 9.45. The van der Waals surface area contributed by atoms with Crippen molar-refractivity contribution < 1.29 is 28.5 Å². The number of rotatable bonds is 6. The summed E-state index contributed by atoms with van der Waals surface area (Å²) < 4.78 is 20.8. The molecule has 9 heteroatoms. The highest BCUT2D eigenvalue weighted by atomic mass is 35.5. The molecule has 1 aliphatic heterocycles. The summed E-state index contributed by atoms with van der Waals surface area (Å²) >= 11 is 0. The molecule has 0 aliphatic carbocycles. The van der Waals surface area contributed by atoms with Gasteiger partial charge in [0.2, 0.25) is 0 Å². The van der Waals surface area contributed by atoms with Crippen LogP contribution in [0.1, 0.15) is 23.2 Å². The minimum Gasteiger partial charge on any atom is -0.493 e. The third-order valence-corrected chi connectivity index (χ3v) is 3.82. The second-order valence-electron chi connectivity index (χ2n) is 5.30. The highest BCUT2D eigenvalue weighted by Crippen LogP contribution is 2.37. The summed E-state index contributed by atoms with van der Waals surface area (Å²) in [5, 5.41) is 2.72. The molecule has 1 saturated heterocycles. The Labute approximate surface area is 152 Å². The van der Waals surface area contributed by atoms with E-state index >= 15 is 0 Å². The fraction of sp³-hybridized carbons (Fsp3) is 0.500. The van der Waals surface area contributed by atoms with E-state index in [0.29, 0.717) is 30.2 Å². The zero-order valence-corrected chi connectivity index (χ0v) is 15.2. The van der Waals surface area contributed by atoms with Gasteiger partial charge in [-0.05, 0) is 25.0 Å². The van der Waals surface area contributed by atoms with Crippen LogP contribution in [0.25, 0.3) is 0 Å². The summed E-state index contributed by atoms with van der Waals surface area (Å²) in [6.45, 7) is 0.374. The Balaban J connectivity index is 0.00000312. The van der Waals surface area contributed by atoms with Gasteiger partial charge in [-0.1, -0.05) is 0 Å². The van der Waals surface area contributed by atoms with Crippen molar-refractivity contribution in [1.29, 1.82) is 0 Å². The number of carbonyl (C=O) groups is 2. The van der Waals surface area contributed by atoms with Crippen LogP contribution < -0.4 is 20.5 Å². The minimum atomic E-state index is -0.587. The molecule has 1 amide bonds. The lowest BCUT2D eigenvalue weighted by molar-refractivity contribution is -0.126. The quantitative estimate of drug-likeness (QED) is 0.723. The van der Waals surface area contributed by atoms with Crippen molar-refractivity contribution in [2.75, 3.05) is 33.2 Å². The van der Waals surface area contributed by atoms with Crippen molar-refractivity contribution in [3.05, 3.63) is 17.7 Å². The topological polar surface area (TPSA) is 109 Å². The van der Waals surface area contributed by atoms with E-state index in [0.717, 1.165) is 6.42 Å². The van der Waals surface area contributed by atoms with E-state index in [1.54, 1.807) is 0 Å². The van der Waals surface area contributed by atoms with E-state index in [-0.39, 0.29) is 30.0 Å². The van der Waals surface area contributed by atoms with Crippen LogP contribution in [0.2, 0.25) is 0 Å². The summed E-state index contributed by atoms with van der Waals surface area (Å²) in [5.41, 5.74) is 6.10. The van der Waals surface area contributed by atoms with Gasteiger partial charge in [-0.3, -0.25) is 4.79 Å². The summed E-state index contributed by atoms with van der Waals surface area (Å²) in [4.78, 5) is 24.2. The molecule has 1 aliphatic rings. The third-order valence-electron chi connectivity index (χ3n) is 3.82. The standard InChI is InChI=1S/C16H22N2O6.ClH/c1-21-13-7-9(16(20)23-3)6-11(14(13)22-2)18-15(19)12-5-4-10(8-17)24-12;/h6-7,10,12H,4-5,8,17H2,1-3H3,(H,18,19);1H/t10-,12+;/m1./s1. The molecule has 0 radical (unpaired) electrons. The van der Waals surface area contributed by atoms with Crippen molar-refractivity contribution >= 4 is 30.0 Å². The fourth-order valence-corrected chi connectivity index (χ4v) is 2.58. The summed E-state index contributed by atoms with van der Waals surface area (Å²) in [5.74, 6) is -0.255. The van der Waals surface area contributed by atoms with Gasteiger partial charge in [0.25, 0.3) is 5.91 Å². The molecule has 0 saturated carbocycles. The number of nitrogens with two attached hydrogens (primary N) is 1. The maximum absolute atomic E-state index is 12.4. The summed E-state index contributed by atoms with van der Waals surface area (Å²) in [7, 11) is 4.16. The monoisotopic (exact) mass is 374 g/mol. The van der Waals surface area contributed by atoms with Crippen LogP contribution in [0.15, 0.2) is 12.1 Å². The predicted octanol–water partition coefficient (Wildman–Crippen LogP) is 1.36. The first kappa shape index (κ1) is 21.0. The number of esters is 1. The SMILES string of the molecule is COC(=O)c1cc(NC(=O)[C@@H]2CC[C@H](CN)O2)c(OC)c(OC)c1.Cl. The number of carbonyl (C=O) groups excluding carboxylic acids is 2. The zero-order valence-electron chi connectivity index (χ0n) is 14.4. The average Bonchev–Trinajstić information content (AvgIpc) is 3.09. The zero-order chi connectivity index (χ0) is 17.7. The molecule has 3 N–H and O–H groups in total. The predicted molar refractivity (Wildman–Crippen MR) is 93.7 cm³/mol. The Morgan fingerprint density at radius 1 is 1.24 bits per heavy atom. The maximum atomic E-state index is 12.4. The molecular weight excluding hydrogens is 352 g/mol.